The average Bonchev–Trinajstić information content (AvgIpc) is 3.09. The Morgan fingerprint density at radius 1 is 1.08 bits per heavy atom. The predicted octanol–water partition coefficient (Wildman–Crippen LogP) is 3.55. The van der Waals surface area contributed by atoms with Crippen molar-refractivity contribution in [3.63, 3.8) is 0 Å². The molecule has 6 nitrogen and oxygen atoms in total. The molecule has 0 atom stereocenters. The van der Waals surface area contributed by atoms with Crippen molar-refractivity contribution in [3.05, 3.63) is 82.0 Å². The van der Waals surface area contributed by atoms with Gasteiger partial charge in [-0.15, -0.1) is 0 Å². The number of carbonyl (C=O) groups excluding carboxylic acids is 2. The molecule has 2 amide bonds. The summed E-state index contributed by atoms with van der Waals surface area (Å²) in [6.07, 6.45) is 0. The van der Waals surface area contributed by atoms with Crippen molar-refractivity contribution in [1.29, 1.82) is 0 Å². The molecule has 3 rings (SSSR count). The second-order valence-corrected chi connectivity index (χ2v) is 6.18. The standard InChI is InChI=1S/C19H17ClN4O2/c1-12-9-14(20)7-8-15(12)18(25)22-17-10-16(23-24-17)19(26)21-11-13-5-3-2-4-6-13/h2-10H,11H2,1H3,(H,21,26)(H2,22,23,24,25). The lowest BCUT2D eigenvalue weighted by Gasteiger charge is -2.06. The Labute approximate surface area is 155 Å². The molecule has 0 saturated carbocycles. The predicted molar refractivity (Wildman–Crippen MR) is 100 cm³/mol. The number of aromatic amines is 1. The molecular weight excluding hydrogens is 352 g/mol. The van der Waals surface area contributed by atoms with Crippen LogP contribution >= 0.6 is 11.6 Å². The largest absolute Gasteiger partial charge is 0.347 e. The van der Waals surface area contributed by atoms with Crippen LogP contribution in [0.1, 0.15) is 32.0 Å². The van der Waals surface area contributed by atoms with Gasteiger partial charge in [0.25, 0.3) is 11.8 Å². The Hall–Kier alpha value is -3.12. The molecule has 3 N–H and O–H groups in total. The minimum atomic E-state index is -0.326. The molecule has 3 aromatic rings. The topological polar surface area (TPSA) is 86.9 Å². The molecule has 7 heteroatoms. The van der Waals surface area contributed by atoms with E-state index in [2.05, 4.69) is 20.8 Å². The van der Waals surface area contributed by atoms with Crippen LogP contribution in [-0.4, -0.2) is 22.0 Å². The maximum atomic E-state index is 12.3. The molecule has 2 aromatic carbocycles. The second kappa shape index (κ2) is 7.84. The van der Waals surface area contributed by atoms with Gasteiger partial charge in [-0.3, -0.25) is 14.7 Å². The molecule has 0 radical (unpaired) electrons. The van der Waals surface area contributed by atoms with E-state index < -0.39 is 0 Å². The second-order valence-electron chi connectivity index (χ2n) is 5.75. The lowest BCUT2D eigenvalue weighted by molar-refractivity contribution is 0.0945. The molecule has 26 heavy (non-hydrogen) atoms. The third kappa shape index (κ3) is 4.29. The van der Waals surface area contributed by atoms with Gasteiger partial charge in [-0.2, -0.15) is 5.10 Å². The van der Waals surface area contributed by atoms with Gasteiger partial charge in [0, 0.05) is 23.2 Å². The maximum absolute atomic E-state index is 12.3. The minimum absolute atomic E-state index is 0.198. The highest BCUT2D eigenvalue weighted by molar-refractivity contribution is 6.30. The lowest BCUT2D eigenvalue weighted by Crippen LogP contribution is -2.23. The summed E-state index contributed by atoms with van der Waals surface area (Å²) >= 11 is 5.90. The highest BCUT2D eigenvalue weighted by Gasteiger charge is 2.14. The highest BCUT2D eigenvalue weighted by atomic mass is 35.5. The molecule has 1 heterocycles. The molecule has 132 valence electrons. The van der Waals surface area contributed by atoms with E-state index in [0.29, 0.717) is 22.9 Å². The number of H-pyrrole nitrogens is 1. The molecule has 0 unspecified atom stereocenters. The van der Waals surface area contributed by atoms with Gasteiger partial charge in [0.1, 0.15) is 5.82 Å². The van der Waals surface area contributed by atoms with Gasteiger partial charge >= 0.3 is 0 Å². The number of amides is 2. The first-order chi connectivity index (χ1) is 12.5. The Kier molecular flexibility index (Phi) is 5.34. The zero-order valence-electron chi connectivity index (χ0n) is 14.0. The zero-order valence-corrected chi connectivity index (χ0v) is 14.8. The van der Waals surface area contributed by atoms with Gasteiger partial charge in [-0.1, -0.05) is 41.9 Å². The Morgan fingerprint density at radius 2 is 1.85 bits per heavy atom. The third-order valence-corrected chi connectivity index (χ3v) is 4.02. The molecule has 0 aliphatic rings. The number of hydrogen-bond donors (Lipinski definition) is 3. The molecular formula is C19H17ClN4O2. The van der Waals surface area contributed by atoms with Gasteiger partial charge in [-0.05, 0) is 36.2 Å². The van der Waals surface area contributed by atoms with Crippen LogP contribution in [0, 0.1) is 6.92 Å². The van der Waals surface area contributed by atoms with Gasteiger partial charge in [0.2, 0.25) is 0 Å². The van der Waals surface area contributed by atoms with Crippen LogP contribution in [0.25, 0.3) is 0 Å². The van der Waals surface area contributed by atoms with Crippen molar-refractivity contribution in [3.8, 4) is 0 Å². The number of anilines is 1. The molecule has 0 saturated heterocycles. The fourth-order valence-electron chi connectivity index (χ4n) is 2.44. The smallest absolute Gasteiger partial charge is 0.272 e. The number of benzene rings is 2. The van der Waals surface area contributed by atoms with Gasteiger partial charge in [0.15, 0.2) is 5.69 Å². The van der Waals surface area contributed by atoms with Crippen LogP contribution in [0.5, 0.6) is 0 Å². The number of carbonyl (C=O) groups is 2. The number of nitrogens with zero attached hydrogens (tertiary/aromatic N) is 1. The summed E-state index contributed by atoms with van der Waals surface area (Å²) < 4.78 is 0. The van der Waals surface area contributed by atoms with Gasteiger partial charge in [-0.25, -0.2) is 0 Å². The quantitative estimate of drug-likeness (QED) is 0.643. The maximum Gasteiger partial charge on any atom is 0.272 e. The van der Waals surface area contributed by atoms with Crippen LogP contribution in [0.4, 0.5) is 5.82 Å². The van der Waals surface area contributed by atoms with Crippen LogP contribution in [0.3, 0.4) is 0 Å². The van der Waals surface area contributed by atoms with E-state index in [1.54, 1.807) is 25.1 Å². The Balaban J connectivity index is 1.62. The van der Waals surface area contributed by atoms with Crippen molar-refractivity contribution in [2.45, 2.75) is 13.5 Å². The van der Waals surface area contributed by atoms with E-state index in [1.807, 2.05) is 30.3 Å². The summed E-state index contributed by atoms with van der Waals surface area (Å²) in [6.45, 7) is 2.20. The molecule has 0 aliphatic carbocycles. The van der Waals surface area contributed by atoms with Crippen LogP contribution in [0.15, 0.2) is 54.6 Å². The third-order valence-electron chi connectivity index (χ3n) is 3.79. The van der Waals surface area contributed by atoms with E-state index >= 15 is 0 Å². The van der Waals surface area contributed by atoms with Crippen molar-refractivity contribution >= 4 is 29.2 Å². The lowest BCUT2D eigenvalue weighted by atomic mass is 10.1. The van der Waals surface area contributed by atoms with E-state index in [9.17, 15) is 9.59 Å². The van der Waals surface area contributed by atoms with Crippen molar-refractivity contribution in [1.82, 2.24) is 15.5 Å². The van der Waals surface area contributed by atoms with Crippen molar-refractivity contribution in [2.24, 2.45) is 0 Å². The fourth-order valence-corrected chi connectivity index (χ4v) is 2.67. The zero-order chi connectivity index (χ0) is 18.5. The molecule has 0 aliphatic heterocycles. The average molecular weight is 369 g/mol. The van der Waals surface area contributed by atoms with E-state index in [4.69, 9.17) is 11.6 Å². The number of aryl methyl sites for hydroxylation is 1. The number of nitrogens with one attached hydrogen (secondary N) is 3. The molecule has 0 spiro atoms. The Bertz CT molecular complexity index is 938. The number of halogens is 1. The molecule has 0 fully saturated rings. The van der Waals surface area contributed by atoms with E-state index in [0.717, 1.165) is 11.1 Å². The van der Waals surface area contributed by atoms with Crippen molar-refractivity contribution in [2.75, 3.05) is 5.32 Å². The number of aromatic nitrogens is 2. The van der Waals surface area contributed by atoms with Crippen LogP contribution in [-0.2, 0) is 6.54 Å². The van der Waals surface area contributed by atoms with Crippen LogP contribution < -0.4 is 10.6 Å². The minimum Gasteiger partial charge on any atom is -0.347 e. The Morgan fingerprint density at radius 3 is 2.58 bits per heavy atom. The van der Waals surface area contributed by atoms with Gasteiger partial charge in [0.05, 0.1) is 0 Å². The van der Waals surface area contributed by atoms with E-state index in [1.165, 1.54) is 6.07 Å². The summed E-state index contributed by atoms with van der Waals surface area (Å²) in [4.78, 5) is 24.5. The fraction of sp³-hybridized carbons (Fsp3) is 0.105. The van der Waals surface area contributed by atoms with E-state index in [-0.39, 0.29) is 17.5 Å². The summed E-state index contributed by atoms with van der Waals surface area (Å²) in [5.41, 5.74) is 2.45. The van der Waals surface area contributed by atoms with Crippen LogP contribution in [0.2, 0.25) is 5.02 Å². The number of hydrogen-bond acceptors (Lipinski definition) is 3. The summed E-state index contributed by atoms with van der Waals surface area (Å²) in [5.74, 6) is -0.290. The highest BCUT2D eigenvalue weighted by Crippen LogP contribution is 2.16. The normalized spacial score (nSPS) is 10.4. The first-order valence-electron chi connectivity index (χ1n) is 7.98. The SMILES string of the molecule is Cc1cc(Cl)ccc1C(=O)Nc1cc(C(=O)NCc2ccccc2)n[nH]1. The number of rotatable bonds is 5. The first-order valence-corrected chi connectivity index (χ1v) is 8.36. The summed E-state index contributed by atoms with van der Waals surface area (Å²) in [7, 11) is 0. The van der Waals surface area contributed by atoms with Gasteiger partial charge < -0.3 is 10.6 Å². The first kappa shape index (κ1) is 17.7. The monoisotopic (exact) mass is 368 g/mol. The summed E-state index contributed by atoms with van der Waals surface area (Å²) in [6, 6.07) is 16.1. The molecule has 0 bridgehead atoms. The van der Waals surface area contributed by atoms with Crippen molar-refractivity contribution < 1.29 is 9.59 Å². The summed E-state index contributed by atoms with van der Waals surface area (Å²) in [5, 5.41) is 12.6. The molecule has 1 aromatic heterocycles.